The molecule has 0 aromatic heterocycles. The number of carbonyl (C=O) groups excluding carboxylic acids is 4. The molecule has 628 valence electrons. The summed E-state index contributed by atoms with van der Waals surface area (Å²) in [4.78, 5) is 73.2. The molecule has 0 aliphatic rings. The second-order valence-corrected chi connectivity index (χ2v) is 29.5. The lowest BCUT2D eigenvalue weighted by Crippen LogP contribution is -2.30. The molecule has 0 rings (SSSR count). The molecule has 0 aliphatic heterocycles. The predicted molar refractivity (Wildman–Crippen MR) is 463 cm³/mol. The fourth-order valence-electron chi connectivity index (χ4n) is 9.99. The molecule has 19 heteroatoms. The number of aliphatic hydroxyl groups is 1. The highest BCUT2D eigenvalue weighted by Gasteiger charge is 2.30. The lowest BCUT2D eigenvalue weighted by molar-refractivity contribution is -0.161. The Kier molecular flexibility index (Phi) is 77.1. The average Bonchev–Trinajstić information content (AvgIpc) is 0.898. The van der Waals surface area contributed by atoms with Gasteiger partial charge < -0.3 is 33.8 Å². The molecule has 0 aromatic rings. The smallest absolute Gasteiger partial charge is 0.462 e. The van der Waals surface area contributed by atoms with Crippen LogP contribution in [0.15, 0.2) is 231 Å². The van der Waals surface area contributed by atoms with Gasteiger partial charge in [-0.3, -0.25) is 37.3 Å². The summed E-state index contributed by atoms with van der Waals surface area (Å²) >= 11 is 0. The molecule has 0 saturated heterocycles. The Morgan fingerprint density at radius 1 is 0.259 bits per heavy atom. The van der Waals surface area contributed by atoms with Crippen molar-refractivity contribution in [3.05, 3.63) is 231 Å². The largest absolute Gasteiger partial charge is 0.472 e. The summed E-state index contributed by atoms with van der Waals surface area (Å²) < 4.78 is 68.6. The number of unbranched alkanes of at least 4 members (excludes halogenated alkanes) is 12. The van der Waals surface area contributed by atoms with Crippen LogP contribution in [-0.2, 0) is 65.4 Å². The number of carbonyl (C=O) groups is 4. The van der Waals surface area contributed by atoms with Crippen LogP contribution in [0.25, 0.3) is 0 Å². The van der Waals surface area contributed by atoms with Gasteiger partial charge in [-0.1, -0.05) is 297 Å². The van der Waals surface area contributed by atoms with Crippen molar-refractivity contribution in [2.75, 3.05) is 39.6 Å². The van der Waals surface area contributed by atoms with Gasteiger partial charge in [0.05, 0.1) is 32.8 Å². The number of aliphatic hydroxyl groups excluding tert-OH is 1. The first-order valence-corrected chi connectivity index (χ1v) is 44.6. The number of hydrogen-bond acceptors (Lipinski definition) is 15. The molecule has 0 saturated carbocycles. The van der Waals surface area contributed by atoms with Crippen molar-refractivity contribution < 1.29 is 80.2 Å². The molecular formula is C93H144O17P2. The van der Waals surface area contributed by atoms with E-state index < -0.39 is 97.5 Å². The molecule has 0 spiro atoms. The number of rotatable bonds is 75. The standard InChI is InChI=1S/C93H144O17P2/c1-5-9-13-17-21-25-29-33-37-40-43-46-50-53-57-61-65-69-73-77-90(95)103-83-88(109-92(97)79-75-71-67-63-59-55-49-36-32-28-24-20-16-12-8-4)85-107-111(99,100)105-81-87(94)82-106-112(101,102)108-86-89(110-93(98)80-76-72-68-64-60-56-52-48-45-42-39-35-31-27-23-19-15-11-7-3)84-104-91(96)78-74-70-66-62-58-54-51-47-44-41-38-34-30-26-22-18-14-10-6-2/h9-16,21-28,33-39,43-49,53-54,57-59,63,71,75,87-89,94H,5-8,17-20,29-32,40-42,50-52,55-56,60-62,64-70,72-74,76-86H2,1-4H3,(H,99,100)(H,101,102)/b13-9-,14-10-,15-11-,16-12-,25-21-,26-22-,27-23-,28-24-,37-33-,38-34-,39-35-,46-43-,47-44-,48-45-,49-36-,57-53-,58-54-,63-59-,75-71-. The fraction of sp³-hybridized carbons (Fsp3) is 0.548. The van der Waals surface area contributed by atoms with Crippen molar-refractivity contribution >= 4 is 39.5 Å². The third-order valence-electron chi connectivity index (χ3n) is 16.1. The minimum absolute atomic E-state index is 0.0571. The van der Waals surface area contributed by atoms with Gasteiger partial charge in [0.2, 0.25) is 0 Å². The quantitative estimate of drug-likeness (QED) is 0.0169. The Morgan fingerprint density at radius 3 is 0.759 bits per heavy atom. The van der Waals surface area contributed by atoms with Gasteiger partial charge in [-0.25, -0.2) is 9.13 Å². The van der Waals surface area contributed by atoms with Gasteiger partial charge in [-0.2, -0.15) is 0 Å². The van der Waals surface area contributed by atoms with Gasteiger partial charge in [0.25, 0.3) is 0 Å². The van der Waals surface area contributed by atoms with Crippen LogP contribution >= 0.6 is 15.6 Å². The highest BCUT2D eigenvalue weighted by molar-refractivity contribution is 7.47. The van der Waals surface area contributed by atoms with E-state index in [9.17, 15) is 43.2 Å². The number of esters is 4. The van der Waals surface area contributed by atoms with Crippen LogP contribution in [0.2, 0.25) is 0 Å². The minimum Gasteiger partial charge on any atom is -0.462 e. The van der Waals surface area contributed by atoms with Gasteiger partial charge in [0.15, 0.2) is 12.2 Å². The van der Waals surface area contributed by atoms with Crippen molar-refractivity contribution in [3.63, 3.8) is 0 Å². The highest BCUT2D eigenvalue weighted by Crippen LogP contribution is 2.45. The van der Waals surface area contributed by atoms with Gasteiger partial charge in [0, 0.05) is 19.3 Å². The van der Waals surface area contributed by atoms with E-state index in [-0.39, 0.29) is 25.7 Å². The molecule has 0 radical (unpaired) electrons. The Balaban J connectivity index is 5.55. The van der Waals surface area contributed by atoms with E-state index in [2.05, 4.69) is 234 Å². The zero-order valence-corrected chi connectivity index (χ0v) is 70.5. The predicted octanol–water partition coefficient (Wildman–Crippen LogP) is 25.0. The first-order chi connectivity index (χ1) is 54.7. The van der Waals surface area contributed by atoms with Crippen LogP contribution in [0.1, 0.15) is 272 Å². The van der Waals surface area contributed by atoms with Crippen molar-refractivity contribution in [1.29, 1.82) is 0 Å². The maximum Gasteiger partial charge on any atom is 0.472 e. The van der Waals surface area contributed by atoms with E-state index in [1.165, 1.54) is 0 Å². The van der Waals surface area contributed by atoms with Gasteiger partial charge in [-0.15, -0.1) is 0 Å². The first kappa shape index (κ1) is 105. The van der Waals surface area contributed by atoms with E-state index in [0.717, 1.165) is 193 Å². The number of phosphoric acid groups is 2. The van der Waals surface area contributed by atoms with E-state index in [1.807, 2.05) is 12.2 Å². The molecule has 17 nitrogen and oxygen atoms in total. The Bertz CT molecular complexity index is 3040. The number of phosphoric ester groups is 2. The number of ether oxygens (including phenoxy) is 4. The van der Waals surface area contributed by atoms with Crippen LogP contribution in [-0.4, -0.2) is 96.7 Å². The number of allylic oxidation sites excluding steroid dienone is 37. The van der Waals surface area contributed by atoms with E-state index in [1.54, 1.807) is 12.2 Å². The average molecular weight is 1600 g/mol. The SMILES string of the molecule is CC/C=C\C/C=C\C/C=C\C/C=C\C/C=C\CCCCCC(=O)OCC(COP(=O)(O)OCC(O)COP(=O)(O)OCC(COC(=O)CCCCC/C=C\C/C=C\C/C=C\C/C=C\C/C=C\CC)OC(=O)CCCCCCCC/C=C\C/C=C\C/C=C\C/C=C\CC)OC(=O)C/C=C\C/C=C\C/C=C\C/C=C\C/C=C\CC. The Hall–Kier alpha value is -6.88. The second-order valence-electron chi connectivity index (χ2n) is 26.6. The summed E-state index contributed by atoms with van der Waals surface area (Å²) in [6, 6.07) is 0. The molecule has 0 aliphatic carbocycles. The molecule has 5 unspecified atom stereocenters. The Labute approximate surface area is 676 Å². The summed E-state index contributed by atoms with van der Waals surface area (Å²) in [6.07, 6.45) is 106. The fourth-order valence-corrected chi connectivity index (χ4v) is 11.6. The maximum absolute atomic E-state index is 13.1. The second kappa shape index (κ2) is 82.1. The molecule has 112 heavy (non-hydrogen) atoms. The van der Waals surface area contributed by atoms with Crippen molar-refractivity contribution in [1.82, 2.24) is 0 Å². The van der Waals surface area contributed by atoms with Crippen LogP contribution in [0.3, 0.4) is 0 Å². The topological polar surface area (TPSA) is 237 Å². The molecule has 0 fully saturated rings. The molecule has 0 amide bonds. The van der Waals surface area contributed by atoms with E-state index in [0.29, 0.717) is 25.7 Å². The summed E-state index contributed by atoms with van der Waals surface area (Å²) in [7, 11) is -10.0. The van der Waals surface area contributed by atoms with Crippen LogP contribution in [0.5, 0.6) is 0 Å². The zero-order chi connectivity index (χ0) is 81.7. The van der Waals surface area contributed by atoms with Crippen molar-refractivity contribution in [3.8, 4) is 0 Å². The third kappa shape index (κ3) is 81.1. The number of hydrogen-bond donors (Lipinski definition) is 3. The zero-order valence-electron chi connectivity index (χ0n) is 68.7. The van der Waals surface area contributed by atoms with E-state index in [4.69, 9.17) is 37.0 Å². The molecule has 5 atom stereocenters. The molecular weight excluding hydrogens is 1450 g/mol. The third-order valence-corrected chi connectivity index (χ3v) is 18.0. The summed E-state index contributed by atoms with van der Waals surface area (Å²) in [5.74, 6) is -2.44. The monoisotopic (exact) mass is 1590 g/mol. The summed E-state index contributed by atoms with van der Waals surface area (Å²) in [5, 5.41) is 10.7. The van der Waals surface area contributed by atoms with Crippen molar-refractivity contribution in [2.45, 2.75) is 290 Å². The molecule has 0 aromatic carbocycles. The highest BCUT2D eigenvalue weighted by atomic mass is 31.2. The molecule has 0 bridgehead atoms. The normalized spacial score (nSPS) is 15.0. The van der Waals surface area contributed by atoms with Crippen LogP contribution in [0.4, 0.5) is 0 Å². The lowest BCUT2D eigenvalue weighted by Gasteiger charge is -2.21. The van der Waals surface area contributed by atoms with Crippen LogP contribution in [0, 0.1) is 0 Å². The molecule has 3 N–H and O–H groups in total. The summed E-state index contributed by atoms with van der Waals surface area (Å²) in [5.41, 5.74) is 0. The van der Waals surface area contributed by atoms with Gasteiger partial charge in [-0.05, 0) is 180 Å². The Morgan fingerprint density at radius 2 is 0.473 bits per heavy atom. The summed E-state index contributed by atoms with van der Waals surface area (Å²) in [6.45, 7) is 4.18. The van der Waals surface area contributed by atoms with E-state index >= 15 is 0 Å². The van der Waals surface area contributed by atoms with Gasteiger partial charge in [0.1, 0.15) is 19.3 Å². The van der Waals surface area contributed by atoms with Crippen LogP contribution < -0.4 is 0 Å². The first-order valence-electron chi connectivity index (χ1n) is 41.6. The van der Waals surface area contributed by atoms with Gasteiger partial charge >= 0.3 is 39.5 Å². The lowest BCUT2D eigenvalue weighted by atomic mass is 10.1. The van der Waals surface area contributed by atoms with Crippen molar-refractivity contribution in [2.24, 2.45) is 0 Å². The minimum atomic E-state index is -5.03. The molecule has 0 heterocycles. The maximum atomic E-state index is 13.1.